The monoisotopic (exact) mass is 238 g/mol. The summed E-state index contributed by atoms with van der Waals surface area (Å²) in [6.07, 6.45) is 0.877. The molecule has 0 atom stereocenters. The van der Waals surface area contributed by atoms with Crippen molar-refractivity contribution in [2.24, 2.45) is 5.41 Å². The van der Waals surface area contributed by atoms with Gasteiger partial charge in [0.15, 0.2) is 0 Å². The molecular formula is C8H18N2O2S2. The van der Waals surface area contributed by atoms with Gasteiger partial charge >= 0.3 is 0 Å². The Hall–Kier alpha value is 0.220. The minimum atomic E-state index is -3.22. The van der Waals surface area contributed by atoms with Crippen LogP contribution in [-0.2, 0) is 10.2 Å². The molecule has 1 N–H and O–H groups in total. The van der Waals surface area contributed by atoms with E-state index < -0.39 is 10.2 Å². The molecule has 0 aromatic heterocycles. The molecule has 0 aromatic carbocycles. The first-order chi connectivity index (χ1) is 6.37. The number of thiol groups is 1. The highest BCUT2D eigenvalue weighted by Gasteiger charge is 2.30. The molecule has 0 radical (unpaired) electrons. The molecular weight excluding hydrogens is 220 g/mol. The summed E-state index contributed by atoms with van der Waals surface area (Å²) in [6.45, 7) is 5.74. The van der Waals surface area contributed by atoms with Crippen molar-refractivity contribution in [3.63, 3.8) is 0 Å². The van der Waals surface area contributed by atoms with Crippen LogP contribution < -0.4 is 4.72 Å². The third-order valence-electron chi connectivity index (χ3n) is 2.24. The van der Waals surface area contributed by atoms with E-state index in [2.05, 4.69) is 17.4 Å². The molecule has 4 nitrogen and oxygen atoms in total. The molecule has 0 unspecified atom stereocenters. The summed E-state index contributed by atoms with van der Waals surface area (Å²) in [6, 6.07) is 0. The van der Waals surface area contributed by atoms with Crippen LogP contribution in [0.4, 0.5) is 0 Å². The lowest BCUT2D eigenvalue weighted by atomic mass is 9.96. The lowest BCUT2D eigenvalue weighted by molar-refractivity contribution is 0.272. The van der Waals surface area contributed by atoms with Crippen LogP contribution in [0.2, 0.25) is 0 Å². The summed E-state index contributed by atoms with van der Waals surface area (Å²) in [7, 11) is -3.22. The van der Waals surface area contributed by atoms with Gasteiger partial charge in [-0.05, 0) is 17.6 Å². The maximum Gasteiger partial charge on any atom is 0.279 e. The number of nitrogens with zero attached hydrogens (tertiary/aromatic N) is 1. The molecule has 1 aliphatic rings. The van der Waals surface area contributed by atoms with Gasteiger partial charge < -0.3 is 0 Å². The van der Waals surface area contributed by atoms with Crippen LogP contribution in [0.15, 0.2) is 0 Å². The third kappa shape index (κ3) is 3.12. The van der Waals surface area contributed by atoms with Crippen LogP contribution in [-0.4, -0.2) is 38.1 Å². The normalized spacial score (nSPS) is 23.6. The average Bonchev–Trinajstić information content (AvgIpc) is 2.09. The zero-order valence-electron chi connectivity index (χ0n) is 8.65. The van der Waals surface area contributed by atoms with E-state index in [1.165, 1.54) is 4.31 Å². The van der Waals surface area contributed by atoms with Gasteiger partial charge in [0.25, 0.3) is 10.2 Å². The molecule has 14 heavy (non-hydrogen) atoms. The zero-order valence-corrected chi connectivity index (χ0v) is 10.4. The van der Waals surface area contributed by atoms with E-state index >= 15 is 0 Å². The van der Waals surface area contributed by atoms with E-state index in [1.807, 2.05) is 13.8 Å². The fourth-order valence-electron chi connectivity index (χ4n) is 1.36. The van der Waals surface area contributed by atoms with Gasteiger partial charge in [-0.1, -0.05) is 13.8 Å². The Labute approximate surface area is 91.6 Å². The lowest BCUT2D eigenvalue weighted by Gasteiger charge is -2.33. The van der Waals surface area contributed by atoms with E-state index in [9.17, 15) is 8.42 Å². The van der Waals surface area contributed by atoms with E-state index in [-0.39, 0.29) is 5.41 Å². The van der Waals surface area contributed by atoms with Crippen LogP contribution in [0, 0.1) is 5.41 Å². The van der Waals surface area contributed by atoms with Crippen molar-refractivity contribution < 1.29 is 8.42 Å². The van der Waals surface area contributed by atoms with E-state index in [4.69, 9.17) is 0 Å². The Balaban J connectivity index is 2.68. The van der Waals surface area contributed by atoms with Crippen molar-refractivity contribution >= 4 is 22.8 Å². The first kappa shape index (κ1) is 12.3. The van der Waals surface area contributed by atoms with Gasteiger partial charge in [0.1, 0.15) is 0 Å². The Morgan fingerprint density at radius 3 is 2.64 bits per heavy atom. The summed E-state index contributed by atoms with van der Waals surface area (Å²) in [4.78, 5) is 0. The molecule has 0 aromatic rings. The molecule has 0 saturated carbocycles. The highest BCUT2D eigenvalue weighted by molar-refractivity contribution is 7.87. The largest absolute Gasteiger partial charge is 0.279 e. The fourth-order valence-corrected chi connectivity index (χ4v) is 2.93. The van der Waals surface area contributed by atoms with Crippen LogP contribution >= 0.6 is 12.6 Å². The maximum absolute atomic E-state index is 11.6. The van der Waals surface area contributed by atoms with Gasteiger partial charge in [-0.15, -0.1) is 0 Å². The average molecular weight is 238 g/mol. The highest BCUT2D eigenvalue weighted by atomic mass is 32.2. The van der Waals surface area contributed by atoms with E-state index in [1.54, 1.807) is 0 Å². The van der Waals surface area contributed by atoms with Gasteiger partial charge in [0.2, 0.25) is 0 Å². The Morgan fingerprint density at radius 1 is 1.50 bits per heavy atom. The molecule has 0 aliphatic carbocycles. The lowest BCUT2D eigenvalue weighted by Crippen LogP contribution is -2.50. The van der Waals surface area contributed by atoms with Crippen molar-refractivity contribution in [1.29, 1.82) is 0 Å². The van der Waals surface area contributed by atoms with Gasteiger partial charge in [-0.3, -0.25) is 0 Å². The first-order valence-electron chi connectivity index (χ1n) is 4.73. The molecule has 1 heterocycles. The topological polar surface area (TPSA) is 49.4 Å². The van der Waals surface area contributed by atoms with Crippen molar-refractivity contribution in [1.82, 2.24) is 9.03 Å². The van der Waals surface area contributed by atoms with Crippen molar-refractivity contribution in [2.75, 3.05) is 25.4 Å². The third-order valence-corrected chi connectivity index (χ3v) is 4.66. The van der Waals surface area contributed by atoms with Gasteiger partial charge in [-0.2, -0.15) is 25.4 Å². The summed E-state index contributed by atoms with van der Waals surface area (Å²) in [5, 5.41) is 0. The number of hydrogen-bond donors (Lipinski definition) is 2. The van der Waals surface area contributed by atoms with Crippen molar-refractivity contribution in [3.05, 3.63) is 0 Å². The molecule has 84 valence electrons. The van der Waals surface area contributed by atoms with Crippen LogP contribution in [0.1, 0.15) is 20.3 Å². The molecule has 0 bridgehead atoms. The Morgan fingerprint density at radius 2 is 2.14 bits per heavy atom. The minimum absolute atomic E-state index is 0.0742. The van der Waals surface area contributed by atoms with Crippen molar-refractivity contribution in [2.45, 2.75) is 20.3 Å². The van der Waals surface area contributed by atoms with E-state index in [0.717, 1.165) is 6.42 Å². The van der Waals surface area contributed by atoms with Crippen molar-refractivity contribution in [3.8, 4) is 0 Å². The molecule has 1 fully saturated rings. The predicted molar refractivity (Wildman–Crippen MR) is 60.7 cm³/mol. The SMILES string of the molecule is CC(C)(CS)CN1CCCNS1(=O)=O. The Bertz CT molecular complexity index is 288. The second kappa shape index (κ2) is 4.38. The zero-order chi connectivity index (χ0) is 10.8. The standard InChI is InChI=1S/C8H18N2O2S2/c1-8(2,7-13)6-10-5-3-4-9-14(10,11)12/h9,13H,3-7H2,1-2H3. The number of rotatable bonds is 3. The maximum atomic E-state index is 11.6. The molecule has 6 heteroatoms. The van der Waals surface area contributed by atoms with Crippen LogP contribution in [0.25, 0.3) is 0 Å². The Kier molecular flexibility index (Phi) is 3.85. The summed E-state index contributed by atoms with van der Waals surface area (Å²) in [5.41, 5.74) is -0.0742. The summed E-state index contributed by atoms with van der Waals surface area (Å²) >= 11 is 4.22. The quantitative estimate of drug-likeness (QED) is 0.703. The summed E-state index contributed by atoms with van der Waals surface area (Å²) < 4.78 is 27.2. The van der Waals surface area contributed by atoms with Crippen LogP contribution in [0.5, 0.6) is 0 Å². The highest BCUT2D eigenvalue weighted by Crippen LogP contribution is 2.21. The molecule has 1 rings (SSSR count). The number of hydrogen-bond acceptors (Lipinski definition) is 3. The fraction of sp³-hybridized carbons (Fsp3) is 1.00. The van der Waals surface area contributed by atoms with Gasteiger partial charge in [0, 0.05) is 19.6 Å². The molecule has 0 spiro atoms. The van der Waals surface area contributed by atoms with Crippen LogP contribution in [0.3, 0.4) is 0 Å². The predicted octanol–water partition coefficient (Wildman–Crippen LogP) is 0.482. The number of nitrogens with one attached hydrogen (secondary N) is 1. The minimum Gasteiger partial charge on any atom is -0.202 e. The molecule has 0 amide bonds. The first-order valence-corrected chi connectivity index (χ1v) is 6.80. The van der Waals surface area contributed by atoms with E-state index in [0.29, 0.717) is 25.4 Å². The molecule has 1 saturated heterocycles. The van der Waals surface area contributed by atoms with Gasteiger partial charge in [0.05, 0.1) is 0 Å². The molecule has 1 aliphatic heterocycles. The second-order valence-electron chi connectivity index (χ2n) is 4.41. The smallest absolute Gasteiger partial charge is 0.202 e. The van der Waals surface area contributed by atoms with Gasteiger partial charge in [-0.25, -0.2) is 4.72 Å². The second-order valence-corrected chi connectivity index (χ2v) is 6.48. The summed E-state index contributed by atoms with van der Waals surface area (Å²) in [5.74, 6) is 0.680.